The van der Waals surface area contributed by atoms with Crippen molar-refractivity contribution in [3.05, 3.63) is 50.9 Å². The van der Waals surface area contributed by atoms with E-state index < -0.39 is 0 Å². The van der Waals surface area contributed by atoms with Gasteiger partial charge < -0.3 is 19.8 Å². The van der Waals surface area contributed by atoms with Crippen molar-refractivity contribution in [3.63, 3.8) is 0 Å². The molecule has 0 aliphatic carbocycles. The van der Waals surface area contributed by atoms with Crippen molar-refractivity contribution in [1.82, 2.24) is 24.8 Å². The Morgan fingerprint density at radius 1 is 1.14 bits per heavy atom. The molecular weight excluding hydrogens is 378 g/mol. The van der Waals surface area contributed by atoms with Gasteiger partial charge in [0.1, 0.15) is 11.4 Å². The maximum absolute atomic E-state index is 12.8. The fourth-order valence-corrected chi connectivity index (χ4v) is 4.36. The summed E-state index contributed by atoms with van der Waals surface area (Å²) in [5.74, 6) is 0.458. The Kier molecular flexibility index (Phi) is 4.21. The fraction of sp³-hybridized carbons (Fsp3) is 0.350. The summed E-state index contributed by atoms with van der Waals surface area (Å²) < 4.78 is 0. The second kappa shape index (κ2) is 6.76. The molecule has 2 aromatic heterocycles. The van der Waals surface area contributed by atoms with Crippen LogP contribution in [0.1, 0.15) is 28.8 Å². The van der Waals surface area contributed by atoms with Crippen molar-refractivity contribution < 1.29 is 4.79 Å². The summed E-state index contributed by atoms with van der Waals surface area (Å²) in [5.41, 5.74) is 3.13. The maximum Gasteiger partial charge on any atom is 0.260 e. The quantitative estimate of drug-likeness (QED) is 0.708. The number of rotatable bonds is 4. The van der Waals surface area contributed by atoms with Crippen LogP contribution >= 0.6 is 11.6 Å². The standard InChI is InChI=1S/C20H20ClN5O2/c21-14-3-4-22-19(27)17(14)18-23-15-9-12-11-26(8-7-25-5-1-2-6-25)20(28)13(12)10-16(15)24-18/h3-4,9-10H,1-2,5-8,11H2,(H,22,27)(H,23,24). The second-order valence-corrected chi connectivity index (χ2v) is 7.82. The highest BCUT2D eigenvalue weighted by molar-refractivity contribution is 6.33. The molecule has 2 aliphatic heterocycles. The zero-order chi connectivity index (χ0) is 19.3. The molecular formula is C20H20ClN5O2. The van der Waals surface area contributed by atoms with Gasteiger partial charge in [0.15, 0.2) is 0 Å². The average Bonchev–Trinajstić information content (AvgIpc) is 3.38. The summed E-state index contributed by atoms with van der Waals surface area (Å²) in [5, 5.41) is 0.333. The minimum absolute atomic E-state index is 0.0521. The summed E-state index contributed by atoms with van der Waals surface area (Å²) in [7, 11) is 0. The molecule has 0 saturated carbocycles. The first-order valence-corrected chi connectivity index (χ1v) is 9.90. The molecule has 3 aromatic rings. The van der Waals surface area contributed by atoms with Gasteiger partial charge in [0, 0.05) is 31.4 Å². The number of hydrogen-bond donors (Lipinski definition) is 2. The van der Waals surface area contributed by atoms with Crippen LogP contribution in [0.4, 0.5) is 0 Å². The molecule has 0 radical (unpaired) electrons. The number of aromatic nitrogens is 3. The number of carbonyl (C=O) groups is 1. The Morgan fingerprint density at radius 2 is 1.96 bits per heavy atom. The molecule has 1 fully saturated rings. The highest BCUT2D eigenvalue weighted by Gasteiger charge is 2.29. The van der Waals surface area contributed by atoms with E-state index in [1.165, 1.54) is 19.0 Å². The third-order valence-corrected chi connectivity index (χ3v) is 5.93. The fourth-order valence-electron chi connectivity index (χ4n) is 4.12. The molecule has 1 saturated heterocycles. The van der Waals surface area contributed by atoms with Crippen molar-refractivity contribution >= 4 is 28.5 Å². The van der Waals surface area contributed by atoms with Crippen molar-refractivity contribution in [3.8, 4) is 11.4 Å². The number of amides is 1. The summed E-state index contributed by atoms with van der Waals surface area (Å²) in [4.78, 5) is 39.6. The molecule has 1 amide bonds. The van der Waals surface area contributed by atoms with E-state index in [1.807, 2.05) is 17.0 Å². The normalized spacial score (nSPS) is 17.0. The van der Waals surface area contributed by atoms with Gasteiger partial charge in [-0.1, -0.05) is 11.6 Å². The molecule has 0 spiro atoms. The van der Waals surface area contributed by atoms with Gasteiger partial charge in [-0.25, -0.2) is 4.98 Å². The highest BCUT2D eigenvalue weighted by Crippen LogP contribution is 2.29. The van der Waals surface area contributed by atoms with Gasteiger partial charge in [0.25, 0.3) is 11.5 Å². The monoisotopic (exact) mass is 397 g/mol. The number of nitrogens with zero attached hydrogens (tertiary/aromatic N) is 3. The molecule has 7 nitrogen and oxygen atoms in total. The van der Waals surface area contributed by atoms with Crippen LogP contribution in [0.5, 0.6) is 0 Å². The van der Waals surface area contributed by atoms with Crippen molar-refractivity contribution in [1.29, 1.82) is 0 Å². The predicted octanol–water partition coefficient (Wildman–Crippen LogP) is 2.62. The molecule has 0 bridgehead atoms. The van der Waals surface area contributed by atoms with E-state index in [-0.39, 0.29) is 11.5 Å². The zero-order valence-electron chi connectivity index (χ0n) is 15.3. The number of carbonyl (C=O) groups excluding carboxylic acids is 1. The van der Waals surface area contributed by atoms with Gasteiger partial charge in [-0.05, 0) is 49.7 Å². The molecule has 0 atom stereocenters. The van der Waals surface area contributed by atoms with Gasteiger partial charge in [-0.2, -0.15) is 0 Å². The van der Waals surface area contributed by atoms with E-state index in [9.17, 15) is 9.59 Å². The lowest BCUT2D eigenvalue weighted by molar-refractivity contribution is 0.0763. The molecule has 0 unspecified atom stereocenters. The molecule has 1 aromatic carbocycles. The molecule has 5 rings (SSSR count). The topological polar surface area (TPSA) is 85.1 Å². The first kappa shape index (κ1) is 17.5. The van der Waals surface area contributed by atoms with E-state index >= 15 is 0 Å². The first-order chi connectivity index (χ1) is 13.6. The molecule has 4 heterocycles. The third-order valence-electron chi connectivity index (χ3n) is 5.62. The number of halogens is 1. The Labute approximate surface area is 166 Å². The smallest absolute Gasteiger partial charge is 0.260 e. The molecule has 144 valence electrons. The van der Waals surface area contributed by atoms with Crippen LogP contribution in [-0.4, -0.2) is 56.8 Å². The van der Waals surface area contributed by atoms with Gasteiger partial charge in [-0.3, -0.25) is 9.59 Å². The number of hydrogen-bond acceptors (Lipinski definition) is 4. The Hall–Kier alpha value is -2.64. The zero-order valence-corrected chi connectivity index (χ0v) is 16.1. The number of aromatic amines is 2. The summed E-state index contributed by atoms with van der Waals surface area (Å²) in [6, 6.07) is 5.39. The van der Waals surface area contributed by atoms with E-state index in [4.69, 9.17) is 11.6 Å². The van der Waals surface area contributed by atoms with Crippen LogP contribution in [-0.2, 0) is 6.54 Å². The molecule has 8 heteroatoms. The number of pyridine rings is 1. The van der Waals surface area contributed by atoms with Gasteiger partial charge in [-0.15, -0.1) is 0 Å². The van der Waals surface area contributed by atoms with Crippen molar-refractivity contribution in [2.45, 2.75) is 19.4 Å². The van der Waals surface area contributed by atoms with E-state index in [2.05, 4.69) is 19.9 Å². The molecule has 28 heavy (non-hydrogen) atoms. The minimum Gasteiger partial charge on any atom is -0.338 e. The second-order valence-electron chi connectivity index (χ2n) is 7.42. The summed E-state index contributed by atoms with van der Waals surface area (Å²) >= 11 is 6.18. The van der Waals surface area contributed by atoms with E-state index in [1.54, 1.807) is 6.07 Å². The van der Waals surface area contributed by atoms with Gasteiger partial charge in [0.05, 0.1) is 16.1 Å². The number of H-pyrrole nitrogens is 2. The summed E-state index contributed by atoms with van der Waals surface area (Å²) in [6.45, 7) is 4.54. The average molecular weight is 398 g/mol. The Morgan fingerprint density at radius 3 is 2.75 bits per heavy atom. The Balaban J connectivity index is 1.43. The summed E-state index contributed by atoms with van der Waals surface area (Å²) in [6.07, 6.45) is 4.00. The molecule has 2 aliphatic rings. The van der Waals surface area contributed by atoms with Gasteiger partial charge >= 0.3 is 0 Å². The molecule has 2 N–H and O–H groups in total. The SMILES string of the molecule is O=C1c2cc3nc(-c4c(Cl)cc[nH]c4=O)[nH]c3cc2CN1CCN1CCCC1. The largest absolute Gasteiger partial charge is 0.338 e. The number of likely N-dealkylation sites (tertiary alicyclic amines) is 1. The number of imidazole rings is 1. The lowest BCUT2D eigenvalue weighted by Gasteiger charge is -2.20. The van der Waals surface area contributed by atoms with Crippen LogP contribution in [0.3, 0.4) is 0 Å². The lowest BCUT2D eigenvalue weighted by atomic mass is 10.1. The van der Waals surface area contributed by atoms with Crippen LogP contribution in [0, 0.1) is 0 Å². The van der Waals surface area contributed by atoms with Crippen LogP contribution < -0.4 is 5.56 Å². The maximum atomic E-state index is 12.8. The minimum atomic E-state index is -0.303. The van der Waals surface area contributed by atoms with Crippen molar-refractivity contribution in [2.24, 2.45) is 0 Å². The van der Waals surface area contributed by atoms with E-state index in [0.717, 1.165) is 37.3 Å². The lowest BCUT2D eigenvalue weighted by Crippen LogP contribution is -2.33. The first-order valence-electron chi connectivity index (χ1n) is 9.52. The van der Waals surface area contributed by atoms with Crippen molar-refractivity contribution in [2.75, 3.05) is 26.2 Å². The van der Waals surface area contributed by atoms with Crippen LogP contribution in [0.25, 0.3) is 22.4 Å². The third kappa shape index (κ3) is 2.91. The number of benzene rings is 1. The Bertz CT molecular complexity index is 1130. The predicted molar refractivity (Wildman–Crippen MR) is 108 cm³/mol. The van der Waals surface area contributed by atoms with Crippen LogP contribution in [0.15, 0.2) is 29.2 Å². The van der Waals surface area contributed by atoms with E-state index in [0.29, 0.717) is 34.0 Å². The number of fused-ring (bicyclic) bond motifs is 2. The van der Waals surface area contributed by atoms with Gasteiger partial charge in [0.2, 0.25) is 0 Å². The number of nitrogens with one attached hydrogen (secondary N) is 2. The van der Waals surface area contributed by atoms with Crippen LogP contribution in [0.2, 0.25) is 5.02 Å². The highest BCUT2D eigenvalue weighted by atomic mass is 35.5.